The maximum Gasteiger partial charge on any atom is 0.269 e. The van der Waals surface area contributed by atoms with Gasteiger partial charge in [-0.25, -0.2) is 4.68 Å². The Morgan fingerprint density at radius 1 is 1.41 bits per heavy atom. The average Bonchev–Trinajstić information content (AvgIpc) is 3.15. The minimum Gasteiger partial charge on any atom is -0.461 e. The Labute approximate surface area is 127 Å². The van der Waals surface area contributed by atoms with Gasteiger partial charge in [-0.15, -0.1) is 5.10 Å². The third-order valence-electron chi connectivity index (χ3n) is 3.26. The SMILES string of the molecule is O=[N+]([O-])c1ccc2c(c1)[C@H](O)n1nc(-c3ccco3)nc1S2. The molecule has 0 spiro atoms. The van der Waals surface area contributed by atoms with Gasteiger partial charge in [0.2, 0.25) is 5.82 Å². The normalized spacial score (nSPS) is 16.1. The number of nitrogens with zero attached hydrogens (tertiary/aromatic N) is 4. The van der Waals surface area contributed by atoms with Gasteiger partial charge >= 0.3 is 0 Å². The molecule has 3 heterocycles. The van der Waals surface area contributed by atoms with E-state index in [1.807, 2.05) is 0 Å². The van der Waals surface area contributed by atoms with Crippen LogP contribution >= 0.6 is 11.8 Å². The molecular formula is C13H8N4O4S. The second kappa shape index (κ2) is 4.68. The molecule has 110 valence electrons. The number of aliphatic hydroxyl groups excluding tert-OH is 1. The number of aromatic nitrogens is 3. The second-order valence-corrected chi connectivity index (χ2v) is 5.60. The first kappa shape index (κ1) is 13.0. The number of furan rings is 1. The number of fused-ring (bicyclic) bond motifs is 2. The molecule has 1 N–H and O–H groups in total. The fraction of sp³-hybridized carbons (Fsp3) is 0.0769. The quantitative estimate of drug-likeness (QED) is 0.571. The third kappa shape index (κ3) is 1.90. The van der Waals surface area contributed by atoms with Gasteiger partial charge in [-0.05, 0) is 30.0 Å². The fourth-order valence-corrected chi connectivity index (χ4v) is 3.20. The Kier molecular flexibility index (Phi) is 2.78. The van der Waals surface area contributed by atoms with E-state index in [2.05, 4.69) is 10.1 Å². The van der Waals surface area contributed by atoms with Crippen molar-refractivity contribution in [2.24, 2.45) is 0 Å². The minimum atomic E-state index is -1.12. The van der Waals surface area contributed by atoms with E-state index in [-0.39, 0.29) is 5.69 Å². The van der Waals surface area contributed by atoms with Crippen molar-refractivity contribution in [3.63, 3.8) is 0 Å². The Bertz CT molecular complexity index is 874. The molecule has 0 unspecified atom stereocenters. The van der Waals surface area contributed by atoms with Gasteiger partial charge in [0.15, 0.2) is 17.1 Å². The Morgan fingerprint density at radius 3 is 3.00 bits per heavy atom. The van der Waals surface area contributed by atoms with E-state index in [1.165, 1.54) is 34.8 Å². The zero-order chi connectivity index (χ0) is 15.3. The number of rotatable bonds is 2. The van der Waals surface area contributed by atoms with E-state index in [9.17, 15) is 15.2 Å². The molecule has 0 aliphatic carbocycles. The van der Waals surface area contributed by atoms with Crippen LogP contribution in [0.2, 0.25) is 0 Å². The number of aliphatic hydroxyl groups is 1. The van der Waals surface area contributed by atoms with Crippen LogP contribution in [-0.2, 0) is 0 Å². The van der Waals surface area contributed by atoms with Crippen molar-refractivity contribution in [1.29, 1.82) is 0 Å². The van der Waals surface area contributed by atoms with Crippen LogP contribution in [0.1, 0.15) is 11.8 Å². The van der Waals surface area contributed by atoms with Crippen LogP contribution < -0.4 is 0 Å². The van der Waals surface area contributed by atoms with Crippen LogP contribution in [0.3, 0.4) is 0 Å². The Hall–Kier alpha value is -2.65. The summed E-state index contributed by atoms with van der Waals surface area (Å²) in [6, 6.07) is 7.79. The smallest absolute Gasteiger partial charge is 0.269 e. The highest BCUT2D eigenvalue weighted by atomic mass is 32.2. The van der Waals surface area contributed by atoms with Crippen molar-refractivity contribution in [1.82, 2.24) is 14.8 Å². The maximum atomic E-state index is 10.9. The van der Waals surface area contributed by atoms with Gasteiger partial charge in [0.25, 0.3) is 5.69 Å². The number of non-ortho nitro benzene ring substituents is 1. The van der Waals surface area contributed by atoms with Gasteiger partial charge in [-0.1, -0.05) is 0 Å². The molecule has 1 aliphatic rings. The van der Waals surface area contributed by atoms with Crippen molar-refractivity contribution in [3.05, 3.63) is 52.3 Å². The molecule has 2 aromatic heterocycles. The molecule has 4 rings (SSSR count). The summed E-state index contributed by atoms with van der Waals surface area (Å²) in [6.45, 7) is 0. The number of nitro groups is 1. The molecule has 0 bridgehead atoms. The van der Waals surface area contributed by atoms with Crippen LogP contribution in [-0.4, -0.2) is 24.8 Å². The topological polar surface area (TPSA) is 107 Å². The first-order valence-corrected chi connectivity index (χ1v) is 7.10. The number of hydrogen-bond donors (Lipinski definition) is 1. The zero-order valence-electron chi connectivity index (χ0n) is 10.9. The summed E-state index contributed by atoms with van der Waals surface area (Å²) in [5.41, 5.74) is 0.357. The number of hydrogen-bond acceptors (Lipinski definition) is 7. The van der Waals surface area contributed by atoms with Crippen molar-refractivity contribution in [2.75, 3.05) is 0 Å². The predicted molar refractivity (Wildman–Crippen MR) is 75.3 cm³/mol. The van der Waals surface area contributed by atoms with E-state index in [4.69, 9.17) is 4.42 Å². The molecule has 3 aromatic rings. The van der Waals surface area contributed by atoms with Crippen LogP contribution in [0.15, 0.2) is 51.1 Å². The molecule has 8 nitrogen and oxygen atoms in total. The molecule has 1 aromatic carbocycles. The summed E-state index contributed by atoms with van der Waals surface area (Å²) in [7, 11) is 0. The molecule has 0 amide bonds. The molecule has 22 heavy (non-hydrogen) atoms. The third-order valence-corrected chi connectivity index (χ3v) is 4.31. The van der Waals surface area contributed by atoms with E-state index in [0.29, 0.717) is 27.2 Å². The largest absolute Gasteiger partial charge is 0.461 e. The summed E-state index contributed by atoms with van der Waals surface area (Å²) in [5, 5.41) is 26.0. The first-order chi connectivity index (χ1) is 10.6. The highest BCUT2D eigenvalue weighted by Gasteiger charge is 2.29. The predicted octanol–water partition coefficient (Wildman–Crippen LogP) is 2.45. The molecule has 1 atom stereocenters. The molecule has 0 fully saturated rings. The van der Waals surface area contributed by atoms with Crippen molar-refractivity contribution in [2.45, 2.75) is 16.3 Å². The number of nitro benzene ring substituents is 1. The minimum absolute atomic E-state index is 0.0757. The zero-order valence-corrected chi connectivity index (χ0v) is 11.7. The Balaban J connectivity index is 1.80. The summed E-state index contributed by atoms with van der Waals surface area (Å²) in [6.07, 6.45) is 0.388. The van der Waals surface area contributed by atoms with E-state index in [0.717, 1.165) is 0 Å². The summed E-state index contributed by atoms with van der Waals surface area (Å²) in [4.78, 5) is 15.4. The van der Waals surface area contributed by atoms with Crippen molar-refractivity contribution >= 4 is 17.4 Å². The van der Waals surface area contributed by atoms with Gasteiger partial charge in [0.1, 0.15) is 0 Å². The van der Waals surface area contributed by atoms with Crippen LogP contribution in [0.4, 0.5) is 5.69 Å². The van der Waals surface area contributed by atoms with E-state index in [1.54, 1.807) is 18.2 Å². The lowest BCUT2D eigenvalue weighted by Gasteiger charge is -2.21. The van der Waals surface area contributed by atoms with Gasteiger partial charge in [-0.2, -0.15) is 4.98 Å². The molecule has 9 heteroatoms. The summed E-state index contributed by atoms with van der Waals surface area (Å²) < 4.78 is 6.57. The molecule has 0 saturated heterocycles. The molecular weight excluding hydrogens is 308 g/mol. The average molecular weight is 316 g/mol. The highest BCUT2D eigenvalue weighted by molar-refractivity contribution is 7.99. The lowest BCUT2D eigenvalue weighted by Crippen LogP contribution is -2.17. The van der Waals surface area contributed by atoms with Crippen molar-refractivity contribution in [3.8, 4) is 11.6 Å². The van der Waals surface area contributed by atoms with E-state index >= 15 is 0 Å². The lowest BCUT2D eigenvalue weighted by atomic mass is 10.1. The fourth-order valence-electron chi connectivity index (χ4n) is 2.22. The van der Waals surface area contributed by atoms with E-state index < -0.39 is 11.2 Å². The molecule has 0 radical (unpaired) electrons. The second-order valence-electron chi connectivity index (χ2n) is 4.59. The van der Waals surface area contributed by atoms with Crippen LogP contribution in [0, 0.1) is 10.1 Å². The van der Waals surface area contributed by atoms with Gasteiger partial charge in [-0.3, -0.25) is 10.1 Å². The van der Waals surface area contributed by atoms with Gasteiger partial charge < -0.3 is 9.52 Å². The maximum absolute atomic E-state index is 10.9. The van der Waals surface area contributed by atoms with Gasteiger partial charge in [0, 0.05) is 22.6 Å². The van der Waals surface area contributed by atoms with Gasteiger partial charge in [0.05, 0.1) is 11.2 Å². The van der Waals surface area contributed by atoms with Crippen LogP contribution in [0.25, 0.3) is 11.6 Å². The Morgan fingerprint density at radius 2 is 2.27 bits per heavy atom. The standard InChI is InChI=1S/C13H8N4O4S/c18-12-8-6-7(17(19)20)3-4-10(8)22-13-14-11(15-16(12)13)9-2-1-5-21-9/h1-6,12,18H/t12-/m0/s1. The summed E-state index contributed by atoms with van der Waals surface area (Å²) >= 11 is 1.29. The first-order valence-electron chi connectivity index (χ1n) is 6.28. The number of benzene rings is 1. The molecule has 1 aliphatic heterocycles. The highest BCUT2D eigenvalue weighted by Crippen LogP contribution is 2.41. The summed E-state index contributed by atoms with van der Waals surface area (Å²) in [5.74, 6) is 0.846. The van der Waals surface area contributed by atoms with Crippen LogP contribution in [0.5, 0.6) is 0 Å². The monoisotopic (exact) mass is 316 g/mol. The molecule has 0 saturated carbocycles. The lowest BCUT2D eigenvalue weighted by molar-refractivity contribution is -0.385. The van der Waals surface area contributed by atoms with Crippen molar-refractivity contribution < 1.29 is 14.4 Å².